The Bertz CT molecular complexity index is 273. The van der Waals surface area contributed by atoms with Gasteiger partial charge in [-0.05, 0) is 25.5 Å². The minimum atomic E-state index is -1.03. The molecule has 0 spiro atoms. The monoisotopic (exact) mass is 169 g/mol. The van der Waals surface area contributed by atoms with Gasteiger partial charge in [0.25, 0.3) is 0 Å². The van der Waals surface area contributed by atoms with Gasteiger partial charge < -0.3 is 5.11 Å². The molecule has 1 aromatic rings. The molecule has 2 nitrogen and oxygen atoms in total. The van der Waals surface area contributed by atoms with Crippen LogP contribution >= 0.6 is 0 Å². The van der Waals surface area contributed by atoms with Crippen molar-refractivity contribution in [2.45, 2.75) is 25.9 Å². The van der Waals surface area contributed by atoms with E-state index < -0.39 is 11.5 Å². The fourth-order valence-corrected chi connectivity index (χ4v) is 0.889. The van der Waals surface area contributed by atoms with Crippen molar-refractivity contribution in [3.63, 3.8) is 0 Å². The normalized spacial score (nSPS) is 15.7. The predicted octanol–water partition coefficient (Wildman–Crippen LogP) is 1.84. The van der Waals surface area contributed by atoms with Gasteiger partial charge in [-0.3, -0.25) is 0 Å². The molecule has 66 valence electrons. The molecule has 0 aliphatic carbocycles. The molecule has 1 heterocycles. The van der Waals surface area contributed by atoms with Crippen molar-refractivity contribution in [1.82, 2.24) is 4.98 Å². The van der Waals surface area contributed by atoms with Gasteiger partial charge in [0.1, 0.15) is 5.60 Å². The molecule has 0 radical (unpaired) electrons. The van der Waals surface area contributed by atoms with E-state index in [-0.39, 0.29) is 0 Å². The first kappa shape index (κ1) is 9.13. The molecule has 0 aliphatic rings. The van der Waals surface area contributed by atoms with Crippen LogP contribution in [-0.2, 0) is 5.60 Å². The molecule has 12 heavy (non-hydrogen) atoms. The van der Waals surface area contributed by atoms with Gasteiger partial charge in [-0.15, -0.1) is 0 Å². The molecule has 0 aromatic carbocycles. The molecule has 1 atom stereocenters. The lowest BCUT2D eigenvalue weighted by atomic mass is 9.99. The fraction of sp³-hybridized carbons (Fsp3) is 0.444. The molecule has 0 fully saturated rings. The summed E-state index contributed by atoms with van der Waals surface area (Å²) >= 11 is 0. The summed E-state index contributed by atoms with van der Waals surface area (Å²) in [5.41, 5.74) is -0.646. The summed E-state index contributed by atoms with van der Waals surface area (Å²) in [5.74, 6) is -0.554. The Morgan fingerprint density at radius 2 is 2.25 bits per heavy atom. The third kappa shape index (κ3) is 1.80. The Morgan fingerprint density at radius 3 is 2.75 bits per heavy atom. The van der Waals surface area contributed by atoms with Gasteiger partial charge in [0, 0.05) is 0 Å². The van der Waals surface area contributed by atoms with E-state index in [1.807, 2.05) is 6.92 Å². The molecule has 0 unspecified atom stereocenters. The maximum absolute atomic E-state index is 12.6. The van der Waals surface area contributed by atoms with Crippen LogP contribution in [0, 0.1) is 5.95 Å². The number of rotatable bonds is 2. The standard InChI is InChI=1S/C9H12FNO/c1-3-9(2,12)7-5-4-6-8(10)11-7/h4-6,12H,3H2,1-2H3/t9-/m0/s1. The molecule has 1 N–H and O–H groups in total. The minimum absolute atomic E-state index is 0.380. The molecule has 0 amide bonds. The molecule has 1 aromatic heterocycles. The third-order valence-electron chi connectivity index (χ3n) is 1.96. The molecular formula is C9H12FNO. The summed E-state index contributed by atoms with van der Waals surface area (Å²) < 4.78 is 12.6. The lowest BCUT2D eigenvalue weighted by Gasteiger charge is -2.19. The maximum Gasteiger partial charge on any atom is 0.213 e. The molecule has 1 rings (SSSR count). The molecule has 0 bridgehead atoms. The third-order valence-corrected chi connectivity index (χ3v) is 1.96. The lowest BCUT2D eigenvalue weighted by Crippen LogP contribution is -2.21. The van der Waals surface area contributed by atoms with Gasteiger partial charge in [0.05, 0.1) is 5.69 Å². The Labute approximate surface area is 71.1 Å². The van der Waals surface area contributed by atoms with Crippen LogP contribution in [0.2, 0.25) is 0 Å². The summed E-state index contributed by atoms with van der Waals surface area (Å²) in [4.78, 5) is 3.60. The Hall–Kier alpha value is -0.960. The number of pyridine rings is 1. The van der Waals surface area contributed by atoms with Gasteiger partial charge >= 0.3 is 0 Å². The number of aromatic nitrogens is 1. The van der Waals surface area contributed by atoms with Crippen LogP contribution in [0.4, 0.5) is 4.39 Å². The second-order valence-electron chi connectivity index (χ2n) is 2.97. The van der Waals surface area contributed by atoms with Gasteiger partial charge in [-0.1, -0.05) is 13.0 Å². The Balaban J connectivity index is 3.03. The quantitative estimate of drug-likeness (QED) is 0.685. The lowest BCUT2D eigenvalue weighted by molar-refractivity contribution is 0.0477. The summed E-state index contributed by atoms with van der Waals surface area (Å²) in [6.45, 7) is 3.45. The van der Waals surface area contributed by atoms with E-state index in [1.165, 1.54) is 6.07 Å². The van der Waals surface area contributed by atoms with Crippen molar-refractivity contribution >= 4 is 0 Å². The summed E-state index contributed by atoms with van der Waals surface area (Å²) in [6, 6.07) is 4.42. The highest BCUT2D eigenvalue weighted by Crippen LogP contribution is 2.21. The summed E-state index contributed by atoms with van der Waals surface area (Å²) in [6.07, 6.45) is 0.517. The van der Waals surface area contributed by atoms with Gasteiger partial charge in [0.2, 0.25) is 5.95 Å². The first-order valence-corrected chi connectivity index (χ1v) is 3.91. The van der Waals surface area contributed by atoms with E-state index in [2.05, 4.69) is 4.98 Å². The number of nitrogens with zero attached hydrogens (tertiary/aromatic N) is 1. The maximum atomic E-state index is 12.6. The van der Waals surface area contributed by atoms with E-state index in [0.717, 1.165) is 0 Å². The summed E-state index contributed by atoms with van der Waals surface area (Å²) in [7, 11) is 0. The molecule has 0 aliphatic heterocycles. The minimum Gasteiger partial charge on any atom is -0.384 e. The molecular weight excluding hydrogens is 157 g/mol. The number of hydrogen-bond acceptors (Lipinski definition) is 2. The van der Waals surface area contributed by atoms with E-state index in [4.69, 9.17) is 0 Å². The first-order valence-electron chi connectivity index (χ1n) is 3.91. The number of halogens is 1. The fourth-order valence-electron chi connectivity index (χ4n) is 0.889. The van der Waals surface area contributed by atoms with Gasteiger partial charge in [0.15, 0.2) is 0 Å². The van der Waals surface area contributed by atoms with Crippen LogP contribution < -0.4 is 0 Å². The van der Waals surface area contributed by atoms with Crippen molar-refractivity contribution in [1.29, 1.82) is 0 Å². The topological polar surface area (TPSA) is 33.1 Å². The van der Waals surface area contributed by atoms with E-state index in [1.54, 1.807) is 19.1 Å². The SMILES string of the molecule is CC[C@](C)(O)c1cccc(F)n1. The van der Waals surface area contributed by atoms with E-state index in [9.17, 15) is 9.50 Å². The zero-order valence-corrected chi connectivity index (χ0v) is 7.21. The average molecular weight is 169 g/mol. The van der Waals surface area contributed by atoms with Gasteiger partial charge in [-0.25, -0.2) is 4.98 Å². The highest BCUT2D eigenvalue weighted by molar-refractivity contribution is 5.11. The molecule has 0 saturated carbocycles. The van der Waals surface area contributed by atoms with Crippen LogP contribution in [0.25, 0.3) is 0 Å². The van der Waals surface area contributed by atoms with Crippen molar-refractivity contribution in [2.24, 2.45) is 0 Å². The second-order valence-corrected chi connectivity index (χ2v) is 2.97. The molecule has 3 heteroatoms. The van der Waals surface area contributed by atoms with Crippen LogP contribution in [0.15, 0.2) is 18.2 Å². The average Bonchev–Trinajstić information content (AvgIpc) is 2.05. The predicted molar refractivity (Wildman–Crippen MR) is 44.1 cm³/mol. The Morgan fingerprint density at radius 1 is 1.58 bits per heavy atom. The van der Waals surface area contributed by atoms with Crippen LogP contribution in [0.5, 0.6) is 0 Å². The van der Waals surface area contributed by atoms with Crippen molar-refractivity contribution in [2.75, 3.05) is 0 Å². The number of hydrogen-bond donors (Lipinski definition) is 1. The van der Waals surface area contributed by atoms with Gasteiger partial charge in [-0.2, -0.15) is 4.39 Å². The highest BCUT2D eigenvalue weighted by Gasteiger charge is 2.21. The van der Waals surface area contributed by atoms with Crippen molar-refractivity contribution < 1.29 is 9.50 Å². The van der Waals surface area contributed by atoms with E-state index >= 15 is 0 Å². The summed E-state index contributed by atoms with van der Waals surface area (Å²) in [5, 5.41) is 9.69. The second kappa shape index (κ2) is 3.19. The smallest absolute Gasteiger partial charge is 0.213 e. The van der Waals surface area contributed by atoms with E-state index in [0.29, 0.717) is 12.1 Å². The van der Waals surface area contributed by atoms with Crippen LogP contribution in [0.1, 0.15) is 26.0 Å². The highest BCUT2D eigenvalue weighted by atomic mass is 19.1. The Kier molecular flexibility index (Phi) is 2.43. The van der Waals surface area contributed by atoms with Crippen molar-refractivity contribution in [3.8, 4) is 0 Å². The molecule has 0 saturated heterocycles. The number of aliphatic hydroxyl groups is 1. The zero-order chi connectivity index (χ0) is 9.19. The van der Waals surface area contributed by atoms with Crippen LogP contribution in [-0.4, -0.2) is 10.1 Å². The first-order chi connectivity index (χ1) is 5.56. The largest absolute Gasteiger partial charge is 0.384 e. The van der Waals surface area contributed by atoms with Crippen LogP contribution in [0.3, 0.4) is 0 Å². The van der Waals surface area contributed by atoms with Crippen molar-refractivity contribution in [3.05, 3.63) is 29.8 Å². The zero-order valence-electron chi connectivity index (χ0n) is 7.21.